The summed E-state index contributed by atoms with van der Waals surface area (Å²) in [5, 5.41) is 0. The molecule has 1 atom stereocenters. The quantitative estimate of drug-likeness (QED) is 0.716. The van der Waals surface area contributed by atoms with Gasteiger partial charge in [0.2, 0.25) is 0 Å². The van der Waals surface area contributed by atoms with E-state index in [1.807, 2.05) is 37.6 Å². The van der Waals surface area contributed by atoms with Crippen LogP contribution < -0.4 is 4.74 Å². The summed E-state index contributed by atoms with van der Waals surface area (Å²) < 4.78 is 18.6. The van der Waals surface area contributed by atoms with Crippen LogP contribution in [0.5, 0.6) is 5.75 Å². The van der Waals surface area contributed by atoms with Gasteiger partial charge in [-0.1, -0.05) is 24.3 Å². The molecule has 1 nitrogen and oxygen atoms in total. The fraction of sp³-hybridized carbons (Fsp3) is 0.154. The van der Waals surface area contributed by atoms with E-state index in [0.29, 0.717) is 5.75 Å². The molecule has 1 unspecified atom stereocenters. The second-order valence-electron chi connectivity index (χ2n) is 3.65. The van der Waals surface area contributed by atoms with Gasteiger partial charge in [0.1, 0.15) is 17.2 Å². The smallest absolute Gasteiger partial charge is 0.132 e. The van der Waals surface area contributed by atoms with Crippen molar-refractivity contribution >= 4 is 0 Å². The maximum Gasteiger partial charge on any atom is 0.132 e. The first-order chi connectivity index (χ1) is 7.18. The van der Waals surface area contributed by atoms with Crippen LogP contribution in [0.2, 0.25) is 0 Å². The van der Waals surface area contributed by atoms with Gasteiger partial charge in [0.15, 0.2) is 0 Å². The summed E-state index contributed by atoms with van der Waals surface area (Å²) in [6, 6.07) is 6.16. The van der Waals surface area contributed by atoms with Crippen molar-refractivity contribution in [2.75, 3.05) is 0 Å². The van der Waals surface area contributed by atoms with Gasteiger partial charge in [0.05, 0.1) is 0 Å². The maximum absolute atomic E-state index is 12.9. The van der Waals surface area contributed by atoms with E-state index in [1.54, 1.807) is 12.1 Å². The summed E-state index contributed by atoms with van der Waals surface area (Å²) in [6.07, 6.45) is 9.62. The lowest BCUT2D eigenvalue weighted by Crippen LogP contribution is -2.30. The summed E-state index contributed by atoms with van der Waals surface area (Å²) >= 11 is 0. The van der Waals surface area contributed by atoms with Crippen LogP contribution in [-0.4, -0.2) is 5.60 Å². The Morgan fingerprint density at radius 3 is 2.73 bits per heavy atom. The highest BCUT2D eigenvalue weighted by atomic mass is 19.1. The number of rotatable bonds is 2. The third kappa shape index (κ3) is 2.46. The molecule has 2 heteroatoms. The van der Waals surface area contributed by atoms with Crippen LogP contribution in [0.15, 0.2) is 48.6 Å². The predicted octanol–water partition coefficient (Wildman–Crippen LogP) is 3.29. The molecule has 1 aromatic rings. The average molecular weight is 203 g/mol. The maximum atomic E-state index is 12.9. The fourth-order valence-electron chi connectivity index (χ4n) is 1.47. The van der Waals surface area contributed by atoms with Crippen LogP contribution in [0.25, 0.3) is 0 Å². The normalized spacial score (nSPS) is 24.1. The zero-order valence-electron chi connectivity index (χ0n) is 8.48. The van der Waals surface area contributed by atoms with Crippen LogP contribution in [-0.2, 0) is 0 Å². The first-order valence-electron chi connectivity index (χ1n) is 4.83. The van der Waals surface area contributed by atoms with Crippen molar-refractivity contribution in [3.8, 4) is 5.75 Å². The SMILES string of the molecule is CC1(Oc2cccc(F)c2)[CH]C=CC=C1. The molecule has 0 heterocycles. The van der Waals surface area contributed by atoms with Crippen LogP contribution in [0, 0.1) is 12.2 Å². The van der Waals surface area contributed by atoms with E-state index < -0.39 is 5.60 Å². The van der Waals surface area contributed by atoms with Crippen molar-refractivity contribution in [2.45, 2.75) is 12.5 Å². The van der Waals surface area contributed by atoms with E-state index in [-0.39, 0.29) is 5.82 Å². The Labute approximate surface area is 88.9 Å². The lowest BCUT2D eigenvalue weighted by Gasteiger charge is -2.27. The minimum absolute atomic E-state index is 0.286. The molecule has 1 aromatic carbocycles. The van der Waals surface area contributed by atoms with Gasteiger partial charge in [0, 0.05) is 12.5 Å². The van der Waals surface area contributed by atoms with Gasteiger partial charge < -0.3 is 4.74 Å². The molecule has 0 aliphatic heterocycles. The Morgan fingerprint density at radius 1 is 1.20 bits per heavy atom. The summed E-state index contributed by atoms with van der Waals surface area (Å²) in [4.78, 5) is 0. The van der Waals surface area contributed by atoms with Crippen molar-refractivity contribution in [1.82, 2.24) is 0 Å². The highest BCUT2D eigenvalue weighted by molar-refractivity contribution is 5.31. The predicted molar refractivity (Wildman–Crippen MR) is 58.0 cm³/mol. The van der Waals surface area contributed by atoms with E-state index in [9.17, 15) is 4.39 Å². The second kappa shape index (κ2) is 3.89. The van der Waals surface area contributed by atoms with Gasteiger partial charge in [-0.15, -0.1) is 0 Å². The molecule has 0 aromatic heterocycles. The van der Waals surface area contributed by atoms with Gasteiger partial charge in [-0.25, -0.2) is 4.39 Å². The molecule has 1 radical (unpaired) electrons. The molecule has 0 saturated heterocycles. The molecule has 77 valence electrons. The van der Waals surface area contributed by atoms with Crippen molar-refractivity contribution in [3.05, 3.63) is 60.8 Å². The van der Waals surface area contributed by atoms with Crippen molar-refractivity contribution in [2.24, 2.45) is 0 Å². The molecular weight excluding hydrogens is 191 g/mol. The minimum Gasteiger partial charge on any atom is -0.483 e. The van der Waals surface area contributed by atoms with Crippen LogP contribution >= 0.6 is 0 Å². The molecule has 2 rings (SSSR count). The van der Waals surface area contributed by atoms with E-state index >= 15 is 0 Å². The van der Waals surface area contributed by atoms with Crippen LogP contribution in [0.4, 0.5) is 4.39 Å². The number of halogens is 1. The number of hydrogen-bond acceptors (Lipinski definition) is 1. The molecular formula is C13H12FO. The Kier molecular flexibility index (Phi) is 2.58. The fourth-order valence-corrected chi connectivity index (χ4v) is 1.47. The minimum atomic E-state index is -0.484. The molecule has 1 aliphatic rings. The van der Waals surface area contributed by atoms with E-state index in [4.69, 9.17) is 4.74 Å². The van der Waals surface area contributed by atoms with Gasteiger partial charge in [0.25, 0.3) is 0 Å². The summed E-state index contributed by atoms with van der Waals surface area (Å²) in [7, 11) is 0. The molecule has 0 N–H and O–H groups in total. The lowest BCUT2D eigenvalue weighted by molar-refractivity contribution is 0.178. The molecule has 0 bridgehead atoms. The Bertz CT molecular complexity index is 409. The summed E-state index contributed by atoms with van der Waals surface area (Å²) in [5.74, 6) is 0.250. The second-order valence-corrected chi connectivity index (χ2v) is 3.65. The Balaban J connectivity index is 2.15. The molecule has 0 fully saturated rings. The highest BCUT2D eigenvalue weighted by Crippen LogP contribution is 2.24. The van der Waals surface area contributed by atoms with E-state index in [2.05, 4.69) is 0 Å². The molecule has 0 saturated carbocycles. The van der Waals surface area contributed by atoms with E-state index in [0.717, 1.165) is 0 Å². The first-order valence-corrected chi connectivity index (χ1v) is 4.83. The third-order valence-corrected chi connectivity index (χ3v) is 2.21. The van der Waals surface area contributed by atoms with E-state index in [1.165, 1.54) is 12.1 Å². The van der Waals surface area contributed by atoms with Crippen LogP contribution in [0.3, 0.4) is 0 Å². The summed E-state index contributed by atoms with van der Waals surface area (Å²) in [5.41, 5.74) is -0.484. The standard InChI is InChI=1S/C13H12FO/c1-13(8-3-2-4-9-13)15-12-7-5-6-11(14)10-12/h2-10H,1H3. The average Bonchev–Trinajstić information content (AvgIpc) is 2.18. The third-order valence-electron chi connectivity index (χ3n) is 2.21. The number of benzene rings is 1. The zero-order chi connectivity index (χ0) is 10.7. The van der Waals surface area contributed by atoms with Gasteiger partial charge >= 0.3 is 0 Å². The molecule has 15 heavy (non-hydrogen) atoms. The zero-order valence-corrected chi connectivity index (χ0v) is 8.48. The largest absolute Gasteiger partial charge is 0.483 e. The van der Waals surface area contributed by atoms with Gasteiger partial charge in [-0.05, 0) is 25.1 Å². The first kappa shape index (κ1) is 9.97. The van der Waals surface area contributed by atoms with Crippen molar-refractivity contribution in [1.29, 1.82) is 0 Å². The number of ether oxygens (including phenoxy) is 1. The molecule has 0 amide bonds. The molecule has 0 spiro atoms. The summed E-state index contributed by atoms with van der Waals surface area (Å²) in [6.45, 7) is 1.93. The Morgan fingerprint density at radius 2 is 2.07 bits per heavy atom. The molecule has 1 aliphatic carbocycles. The van der Waals surface area contributed by atoms with Gasteiger partial charge in [-0.2, -0.15) is 0 Å². The van der Waals surface area contributed by atoms with Crippen LogP contribution in [0.1, 0.15) is 6.92 Å². The van der Waals surface area contributed by atoms with Gasteiger partial charge in [-0.3, -0.25) is 0 Å². The lowest BCUT2D eigenvalue weighted by atomic mass is 9.97. The Hall–Kier alpha value is -1.57. The topological polar surface area (TPSA) is 9.23 Å². The van der Waals surface area contributed by atoms with Crippen molar-refractivity contribution < 1.29 is 9.13 Å². The monoisotopic (exact) mass is 203 g/mol. The highest BCUT2D eigenvalue weighted by Gasteiger charge is 2.23. The number of hydrogen-bond donors (Lipinski definition) is 0. The number of allylic oxidation sites excluding steroid dienone is 2. The van der Waals surface area contributed by atoms with Crippen molar-refractivity contribution in [3.63, 3.8) is 0 Å².